The van der Waals surface area contributed by atoms with Crippen molar-refractivity contribution in [2.75, 3.05) is 31.7 Å². The monoisotopic (exact) mass is 562 g/mol. The molecule has 0 aliphatic carbocycles. The number of hydrogen-bond donors (Lipinski definition) is 1. The Labute approximate surface area is 227 Å². The molecule has 5 rings (SSSR count). The van der Waals surface area contributed by atoms with Gasteiger partial charge in [-0.15, -0.1) is 8.78 Å². The Bertz CT molecular complexity index is 1400. The Hall–Kier alpha value is -3.90. The number of rotatable bonds is 8. The van der Waals surface area contributed by atoms with E-state index in [0.29, 0.717) is 17.3 Å². The predicted molar refractivity (Wildman–Crippen MR) is 136 cm³/mol. The fraction of sp³-hybridized carbons (Fsp3) is 0.346. The maximum Gasteiger partial charge on any atom is 0.586 e. The molecule has 0 saturated heterocycles. The molecule has 0 unspecified atom stereocenters. The molecule has 39 heavy (non-hydrogen) atoms. The first-order valence-corrected chi connectivity index (χ1v) is 12.6. The van der Waals surface area contributed by atoms with Crippen LogP contribution in [-0.2, 0) is 22.5 Å². The zero-order chi connectivity index (χ0) is 27.7. The minimum absolute atomic E-state index is 0.0715. The number of likely N-dealkylation sites (N-methyl/N-ethyl adjacent to an activating group) is 1. The van der Waals surface area contributed by atoms with Gasteiger partial charge in [0, 0.05) is 31.3 Å². The summed E-state index contributed by atoms with van der Waals surface area (Å²) in [6, 6.07) is 11.3. The average molecular weight is 563 g/mol. The number of nitrogens with zero attached hydrogens (tertiary/aromatic N) is 3. The highest BCUT2D eigenvalue weighted by Gasteiger charge is 2.45. The maximum absolute atomic E-state index is 13.5. The second kappa shape index (κ2) is 10.7. The number of aromatic nitrogens is 2. The lowest BCUT2D eigenvalue weighted by molar-refractivity contribution is -0.286. The number of halogens is 3. The molecule has 3 heterocycles. The molecule has 0 fully saturated rings. The van der Waals surface area contributed by atoms with Crippen LogP contribution < -0.4 is 24.4 Å². The number of carbonyl (C=O) groups excluding carboxylic acids is 2. The van der Waals surface area contributed by atoms with Gasteiger partial charge in [-0.2, -0.15) is 5.10 Å². The van der Waals surface area contributed by atoms with E-state index >= 15 is 0 Å². The van der Waals surface area contributed by atoms with Crippen molar-refractivity contribution in [3.05, 3.63) is 64.4 Å². The highest BCUT2D eigenvalue weighted by atomic mass is 35.5. The smallest absolute Gasteiger partial charge is 0.489 e. The van der Waals surface area contributed by atoms with Gasteiger partial charge in [-0.3, -0.25) is 4.79 Å². The summed E-state index contributed by atoms with van der Waals surface area (Å²) >= 11 is 6.64. The SMILES string of the molecule is CCOC(=O)c1nn(Cc2ccccc2)c(Cl)c1CCN[C@H]1COc2cc3c(cc2N(C)C1=O)OC(F)(F)O3. The fourth-order valence-electron chi connectivity index (χ4n) is 4.38. The van der Waals surface area contributed by atoms with E-state index in [1.807, 2.05) is 30.3 Å². The van der Waals surface area contributed by atoms with Crippen molar-refractivity contribution in [2.24, 2.45) is 0 Å². The van der Waals surface area contributed by atoms with Crippen molar-refractivity contribution >= 4 is 29.2 Å². The van der Waals surface area contributed by atoms with Crippen molar-refractivity contribution in [1.82, 2.24) is 15.1 Å². The third-order valence-electron chi connectivity index (χ3n) is 6.27. The minimum atomic E-state index is -3.78. The second-order valence-corrected chi connectivity index (χ2v) is 9.24. The van der Waals surface area contributed by atoms with Crippen LogP contribution in [0.2, 0.25) is 5.15 Å². The lowest BCUT2D eigenvalue weighted by Gasteiger charge is -2.20. The molecule has 2 aliphatic heterocycles. The third kappa shape index (κ3) is 5.48. The van der Waals surface area contributed by atoms with Crippen LogP contribution in [0.15, 0.2) is 42.5 Å². The van der Waals surface area contributed by atoms with E-state index in [1.165, 1.54) is 28.8 Å². The summed E-state index contributed by atoms with van der Waals surface area (Å²) in [6.45, 7) is 2.42. The van der Waals surface area contributed by atoms with E-state index in [1.54, 1.807) is 6.92 Å². The number of carbonyl (C=O) groups is 2. The summed E-state index contributed by atoms with van der Waals surface area (Å²) < 4.78 is 48.4. The molecule has 0 radical (unpaired) electrons. The zero-order valence-electron chi connectivity index (χ0n) is 21.1. The number of nitrogens with one attached hydrogen (secondary N) is 1. The first-order valence-electron chi connectivity index (χ1n) is 12.2. The largest absolute Gasteiger partial charge is 0.586 e. The lowest BCUT2D eigenvalue weighted by atomic mass is 10.1. The number of ether oxygens (including phenoxy) is 4. The lowest BCUT2D eigenvalue weighted by Crippen LogP contribution is -2.47. The van der Waals surface area contributed by atoms with E-state index in [4.69, 9.17) is 21.1 Å². The number of benzene rings is 2. The number of hydrogen-bond acceptors (Lipinski definition) is 8. The summed E-state index contributed by atoms with van der Waals surface area (Å²) in [5.74, 6) is -1.11. The Morgan fingerprint density at radius 2 is 1.92 bits per heavy atom. The number of anilines is 1. The maximum atomic E-state index is 13.5. The molecule has 10 nitrogen and oxygen atoms in total. The second-order valence-electron chi connectivity index (χ2n) is 8.88. The van der Waals surface area contributed by atoms with Gasteiger partial charge in [-0.25, -0.2) is 9.48 Å². The Balaban J connectivity index is 1.29. The van der Waals surface area contributed by atoms with Crippen LogP contribution in [0.5, 0.6) is 17.2 Å². The van der Waals surface area contributed by atoms with Crippen molar-refractivity contribution in [3.63, 3.8) is 0 Å². The molecule has 0 saturated carbocycles. The fourth-order valence-corrected chi connectivity index (χ4v) is 4.67. The van der Waals surface area contributed by atoms with E-state index in [0.717, 1.165) is 5.56 Å². The van der Waals surface area contributed by atoms with Gasteiger partial charge in [0.25, 0.3) is 0 Å². The quantitative estimate of drug-likeness (QED) is 0.415. The van der Waals surface area contributed by atoms with Gasteiger partial charge < -0.3 is 29.2 Å². The zero-order valence-corrected chi connectivity index (χ0v) is 21.8. The Kier molecular flexibility index (Phi) is 7.32. The van der Waals surface area contributed by atoms with Crippen LogP contribution >= 0.6 is 11.6 Å². The van der Waals surface area contributed by atoms with Crippen LogP contribution in [-0.4, -0.2) is 60.8 Å². The number of esters is 1. The standard InChI is InChI=1S/C26H25ClF2N4O6/c1-3-36-25(35)22-16(23(27)33(31-22)13-15-7-5-4-6-8-15)9-10-30-17-14-37-19-12-21-20(38-26(28,29)39-21)11-18(19)32(2)24(17)34/h4-8,11-12,17,30H,3,9-10,13-14H2,1-2H3/t17-/m0/s1. The van der Waals surface area contributed by atoms with Gasteiger partial charge >= 0.3 is 12.3 Å². The summed E-state index contributed by atoms with van der Waals surface area (Å²) in [5, 5.41) is 7.83. The Morgan fingerprint density at radius 1 is 1.21 bits per heavy atom. The molecule has 1 N–H and O–H groups in total. The van der Waals surface area contributed by atoms with Crippen LogP contribution in [0.25, 0.3) is 0 Å². The normalized spacial score (nSPS) is 17.4. The van der Waals surface area contributed by atoms with Crippen molar-refractivity contribution < 1.29 is 37.3 Å². The molecule has 0 bridgehead atoms. The summed E-state index contributed by atoms with van der Waals surface area (Å²) in [4.78, 5) is 27.1. The first-order chi connectivity index (χ1) is 18.7. The average Bonchev–Trinajstić information content (AvgIpc) is 3.35. The van der Waals surface area contributed by atoms with Crippen molar-refractivity contribution in [1.29, 1.82) is 0 Å². The van der Waals surface area contributed by atoms with Crippen LogP contribution in [0, 0.1) is 0 Å². The van der Waals surface area contributed by atoms with Crippen LogP contribution in [0.4, 0.5) is 14.5 Å². The molecular formula is C26H25ClF2N4O6. The topological polar surface area (TPSA) is 104 Å². The first kappa shape index (κ1) is 26.7. The van der Waals surface area contributed by atoms with E-state index < -0.39 is 18.3 Å². The number of fused-ring (bicyclic) bond motifs is 2. The molecule has 206 valence electrons. The van der Waals surface area contributed by atoms with Crippen LogP contribution in [0.1, 0.15) is 28.5 Å². The van der Waals surface area contributed by atoms with Crippen molar-refractivity contribution in [3.8, 4) is 17.2 Å². The summed E-state index contributed by atoms with van der Waals surface area (Å²) in [5.41, 5.74) is 1.82. The summed E-state index contributed by atoms with van der Waals surface area (Å²) in [7, 11) is 1.51. The predicted octanol–water partition coefficient (Wildman–Crippen LogP) is 3.64. The van der Waals surface area contributed by atoms with Crippen molar-refractivity contribution in [2.45, 2.75) is 32.2 Å². The van der Waals surface area contributed by atoms with Crippen LogP contribution in [0.3, 0.4) is 0 Å². The Morgan fingerprint density at radius 3 is 2.64 bits per heavy atom. The summed E-state index contributed by atoms with van der Waals surface area (Å²) in [6.07, 6.45) is -3.51. The van der Waals surface area contributed by atoms with E-state index in [9.17, 15) is 18.4 Å². The number of alkyl halides is 2. The highest BCUT2D eigenvalue weighted by Crippen LogP contribution is 2.47. The van der Waals surface area contributed by atoms with Gasteiger partial charge in [0.2, 0.25) is 5.91 Å². The molecule has 1 atom stereocenters. The molecule has 0 spiro atoms. The molecule has 3 aromatic rings. The molecular weight excluding hydrogens is 538 g/mol. The minimum Gasteiger partial charge on any atom is -0.489 e. The van der Waals surface area contributed by atoms with E-state index in [-0.39, 0.29) is 60.7 Å². The number of amides is 1. The molecule has 13 heteroatoms. The molecule has 1 aromatic heterocycles. The van der Waals surface area contributed by atoms with Gasteiger partial charge in [-0.05, 0) is 18.9 Å². The van der Waals surface area contributed by atoms with Gasteiger partial charge in [0.15, 0.2) is 17.2 Å². The van der Waals surface area contributed by atoms with Gasteiger partial charge in [0.1, 0.15) is 23.6 Å². The third-order valence-corrected chi connectivity index (χ3v) is 6.69. The van der Waals surface area contributed by atoms with Gasteiger partial charge in [0.05, 0.1) is 18.8 Å². The van der Waals surface area contributed by atoms with Gasteiger partial charge in [-0.1, -0.05) is 41.9 Å². The molecule has 2 aliphatic rings. The molecule has 2 aromatic carbocycles. The highest BCUT2D eigenvalue weighted by molar-refractivity contribution is 6.30. The molecule has 1 amide bonds. The van der Waals surface area contributed by atoms with E-state index in [2.05, 4.69) is 19.9 Å².